The van der Waals surface area contributed by atoms with E-state index in [9.17, 15) is 4.79 Å². The quantitative estimate of drug-likeness (QED) is 0.647. The molecule has 2 amide bonds. The molecule has 138 valence electrons. The number of hydrogen-bond donors (Lipinski definition) is 1. The van der Waals surface area contributed by atoms with Gasteiger partial charge in [0.15, 0.2) is 0 Å². The first-order valence-corrected chi connectivity index (χ1v) is 9.87. The summed E-state index contributed by atoms with van der Waals surface area (Å²) in [4.78, 5) is 26.3. The van der Waals surface area contributed by atoms with E-state index in [1.165, 1.54) is 4.90 Å². The summed E-state index contributed by atoms with van der Waals surface area (Å²) in [6, 6.07) is 10.3. The van der Waals surface area contributed by atoms with Gasteiger partial charge >= 0.3 is 6.03 Å². The highest BCUT2D eigenvalue weighted by Crippen LogP contribution is 2.20. The van der Waals surface area contributed by atoms with Gasteiger partial charge in [-0.2, -0.15) is 0 Å². The summed E-state index contributed by atoms with van der Waals surface area (Å²) in [5.41, 5.74) is 2.12. The average molecular weight is 372 g/mol. The Morgan fingerprint density at radius 3 is 2.58 bits per heavy atom. The third kappa shape index (κ3) is 4.66. The fraction of sp³-hybridized carbons (Fsp3) is 0.421. The molecular formula is C19H25N5OS. The summed E-state index contributed by atoms with van der Waals surface area (Å²) in [6.07, 6.45) is 1.61. The van der Waals surface area contributed by atoms with Crippen molar-refractivity contribution in [3.63, 3.8) is 0 Å². The maximum Gasteiger partial charge on any atom is 0.317 e. The number of urea groups is 1. The molecule has 1 aliphatic heterocycles. The van der Waals surface area contributed by atoms with Gasteiger partial charge in [0.25, 0.3) is 0 Å². The smallest absolute Gasteiger partial charge is 0.317 e. The van der Waals surface area contributed by atoms with Crippen LogP contribution in [-0.2, 0) is 0 Å². The van der Waals surface area contributed by atoms with Crippen molar-refractivity contribution in [2.24, 2.45) is 0 Å². The van der Waals surface area contributed by atoms with Crippen molar-refractivity contribution in [1.29, 1.82) is 0 Å². The molecule has 0 unspecified atom stereocenters. The molecule has 2 heterocycles. The van der Waals surface area contributed by atoms with Gasteiger partial charge in [-0.25, -0.2) is 14.8 Å². The molecule has 1 aromatic heterocycles. The van der Waals surface area contributed by atoms with Crippen molar-refractivity contribution < 1.29 is 4.79 Å². The Labute approximate surface area is 159 Å². The van der Waals surface area contributed by atoms with E-state index in [0.29, 0.717) is 19.6 Å². The number of carbonyl (C=O) groups excluding carboxylic acids is 1. The molecule has 7 heteroatoms. The Hall–Kier alpha value is -2.28. The summed E-state index contributed by atoms with van der Waals surface area (Å²) in [5.74, 6) is 1.85. The van der Waals surface area contributed by atoms with Crippen LogP contribution in [-0.4, -0.2) is 59.4 Å². The minimum absolute atomic E-state index is 0.0221. The third-order valence-electron chi connectivity index (χ3n) is 4.57. The highest BCUT2D eigenvalue weighted by atomic mass is 32.2. The third-order valence-corrected chi connectivity index (χ3v) is 5.58. The van der Waals surface area contributed by atoms with Crippen LogP contribution in [0.15, 0.2) is 41.6 Å². The van der Waals surface area contributed by atoms with E-state index in [1.807, 2.05) is 36.9 Å². The van der Waals surface area contributed by atoms with Crippen LogP contribution in [0, 0.1) is 13.8 Å². The number of anilines is 1. The number of amides is 2. The lowest BCUT2D eigenvalue weighted by molar-refractivity contribution is 0.195. The van der Waals surface area contributed by atoms with E-state index in [-0.39, 0.29) is 6.03 Å². The van der Waals surface area contributed by atoms with Crippen LogP contribution in [0.1, 0.15) is 11.3 Å². The Morgan fingerprint density at radius 2 is 1.85 bits per heavy atom. The predicted octanol–water partition coefficient (Wildman–Crippen LogP) is 2.72. The number of benzene rings is 1. The molecule has 26 heavy (non-hydrogen) atoms. The van der Waals surface area contributed by atoms with Crippen LogP contribution >= 0.6 is 11.8 Å². The predicted molar refractivity (Wildman–Crippen MR) is 106 cm³/mol. The molecule has 0 atom stereocenters. The number of carbonyl (C=O) groups is 1. The molecule has 0 saturated carbocycles. The number of hydrogen-bond acceptors (Lipinski definition) is 5. The molecule has 0 spiro atoms. The van der Waals surface area contributed by atoms with Crippen LogP contribution in [0.3, 0.4) is 0 Å². The molecule has 2 aromatic rings. The van der Waals surface area contributed by atoms with Gasteiger partial charge in [-0.15, -0.1) is 11.8 Å². The van der Waals surface area contributed by atoms with Crippen molar-refractivity contribution >= 4 is 23.6 Å². The Morgan fingerprint density at radius 1 is 1.12 bits per heavy atom. The van der Waals surface area contributed by atoms with Crippen molar-refractivity contribution in [3.8, 4) is 0 Å². The second kappa shape index (κ2) is 8.89. The molecule has 1 aromatic carbocycles. The Balaban J connectivity index is 1.41. The highest BCUT2D eigenvalue weighted by Gasteiger charge is 2.22. The average Bonchev–Trinajstić information content (AvgIpc) is 2.68. The van der Waals surface area contributed by atoms with Crippen molar-refractivity contribution in [3.05, 3.63) is 47.9 Å². The zero-order valence-corrected chi connectivity index (χ0v) is 16.1. The number of rotatable bonds is 5. The summed E-state index contributed by atoms with van der Waals surface area (Å²) in [5, 5.41) is 3.02. The first-order chi connectivity index (χ1) is 12.6. The van der Waals surface area contributed by atoms with Crippen LogP contribution in [0.4, 0.5) is 10.6 Å². The van der Waals surface area contributed by atoms with E-state index in [4.69, 9.17) is 0 Å². The molecule has 1 aliphatic rings. The summed E-state index contributed by atoms with van der Waals surface area (Å²) < 4.78 is 0. The van der Waals surface area contributed by atoms with Crippen LogP contribution in [0.2, 0.25) is 0 Å². The molecule has 6 nitrogen and oxygen atoms in total. The largest absolute Gasteiger partial charge is 0.353 e. The molecule has 1 saturated heterocycles. The van der Waals surface area contributed by atoms with E-state index >= 15 is 0 Å². The standard InChI is InChI=1S/C19H25N5OS/c1-15-16(2)21-14-22-18(15)23-9-11-24(12-10-23)19(25)20-8-13-26-17-6-4-3-5-7-17/h3-7,14H,8-13H2,1-2H3,(H,20,25). The number of nitrogens with one attached hydrogen (secondary N) is 1. The monoisotopic (exact) mass is 371 g/mol. The molecule has 0 bridgehead atoms. The molecule has 0 aliphatic carbocycles. The van der Waals surface area contributed by atoms with Gasteiger partial charge < -0.3 is 15.1 Å². The zero-order chi connectivity index (χ0) is 18.4. The first-order valence-electron chi connectivity index (χ1n) is 8.89. The molecule has 0 radical (unpaired) electrons. The van der Waals surface area contributed by atoms with Gasteiger partial charge in [-0.3, -0.25) is 0 Å². The molecule has 1 fully saturated rings. The van der Waals surface area contributed by atoms with E-state index in [1.54, 1.807) is 18.1 Å². The van der Waals surface area contributed by atoms with Gasteiger partial charge in [-0.05, 0) is 26.0 Å². The van der Waals surface area contributed by atoms with Crippen LogP contribution in [0.25, 0.3) is 0 Å². The summed E-state index contributed by atoms with van der Waals surface area (Å²) >= 11 is 1.75. The van der Waals surface area contributed by atoms with E-state index in [0.717, 1.165) is 35.9 Å². The Bertz CT molecular complexity index is 732. The molecule has 3 rings (SSSR count). The fourth-order valence-electron chi connectivity index (χ4n) is 2.92. The van der Waals surface area contributed by atoms with Gasteiger partial charge in [-0.1, -0.05) is 18.2 Å². The second-order valence-electron chi connectivity index (χ2n) is 6.28. The topological polar surface area (TPSA) is 61.4 Å². The zero-order valence-electron chi connectivity index (χ0n) is 15.3. The van der Waals surface area contributed by atoms with Gasteiger partial charge in [0, 0.05) is 54.6 Å². The second-order valence-corrected chi connectivity index (χ2v) is 7.44. The minimum atomic E-state index is 0.0221. The lowest BCUT2D eigenvalue weighted by atomic mass is 10.2. The number of nitrogens with zero attached hydrogens (tertiary/aromatic N) is 4. The normalized spacial score (nSPS) is 14.4. The minimum Gasteiger partial charge on any atom is -0.353 e. The first kappa shape index (κ1) is 18.5. The fourth-order valence-corrected chi connectivity index (χ4v) is 3.71. The van der Waals surface area contributed by atoms with Gasteiger partial charge in [0.05, 0.1) is 0 Å². The SMILES string of the molecule is Cc1ncnc(N2CCN(C(=O)NCCSc3ccccc3)CC2)c1C. The number of piperazine rings is 1. The van der Waals surface area contributed by atoms with Crippen molar-refractivity contribution in [2.45, 2.75) is 18.7 Å². The number of aryl methyl sites for hydroxylation is 1. The highest BCUT2D eigenvalue weighted by molar-refractivity contribution is 7.99. The van der Waals surface area contributed by atoms with E-state index in [2.05, 4.69) is 32.3 Å². The number of aromatic nitrogens is 2. The van der Waals surface area contributed by atoms with Gasteiger partial charge in [0.1, 0.15) is 12.1 Å². The summed E-state index contributed by atoms with van der Waals surface area (Å²) in [6.45, 7) is 7.72. The summed E-state index contributed by atoms with van der Waals surface area (Å²) in [7, 11) is 0. The number of thioether (sulfide) groups is 1. The maximum atomic E-state index is 12.3. The Kier molecular flexibility index (Phi) is 6.33. The van der Waals surface area contributed by atoms with Crippen molar-refractivity contribution in [2.75, 3.05) is 43.4 Å². The molecular weight excluding hydrogens is 346 g/mol. The lowest BCUT2D eigenvalue weighted by Crippen LogP contribution is -2.52. The maximum absolute atomic E-state index is 12.3. The van der Waals surface area contributed by atoms with Crippen molar-refractivity contribution in [1.82, 2.24) is 20.2 Å². The lowest BCUT2D eigenvalue weighted by Gasteiger charge is -2.36. The van der Waals surface area contributed by atoms with Crippen LogP contribution < -0.4 is 10.2 Å². The van der Waals surface area contributed by atoms with Crippen LogP contribution in [0.5, 0.6) is 0 Å². The molecule has 1 N–H and O–H groups in total. The van der Waals surface area contributed by atoms with E-state index < -0.39 is 0 Å². The van der Waals surface area contributed by atoms with Gasteiger partial charge in [0.2, 0.25) is 0 Å².